The molecule has 0 bridgehead atoms. The van der Waals surface area contributed by atoms with E-state index in [-0.39, 0.29) is 13.0 Å². The molecule has 10 heavy (non-hydrogen) atoms. The summed E-state index contributed by atoms with van der Waals surface area (Å²) in [6.45, 7) is 0.829. The zero-order valence-electron chi connectivity index (χ0n) is 5.54. The van der Waals surface area contributed by atoms with Crippen molar-refractivity contribution in [1.82, 2.24) is 5.32 Å². The molecule has 0 aromatic heterocycles. The monoisotopic (exact) mass is 153 g/mol. The molecule has 0 aliphatic carbocycles. The minimum atomic E-state index is -3.99. The number of halogens is 3. The average Bonchev–Trinajstić information content (AvgIpc) is 1.88. The third kappa shape index (κ3) is 1.87. The van der Waals surface area contributed by atoms with Gasteiger partial charge in [-0.25, -0.2) is 0 Å². The van der Waals surface area contributed by atoms with Gasteiger partial charge in [-0.05, 0) is 19.4 Å². The van der Waals surface area contributed by atoms with Crippen LogP contribution in [0.25, 0.3) is 0 Å². The highest BCUT2D eigenvalue weighted by molar-refractivity contribution is 4.74. The molecule has 1 saturated heterocycles. The maximum absolute atomic E-state index is 11.9. The molecule has 1 heterocycles. The van der Waals surface area contributed by atoms with E-state index in [1.54, 1.807) is 0 Å². The van der Waals surface area contributed by atoms with Gasteiger partial charge >= 0.3 is 6.18 Å². The Balaban J connectivity index is 2.39. The fourth-order valence-electron chi connectivity index (χ4n) is 1.13. The first-order valence-corrected chi connectivity index (χ1v) is 3.38. The lowest BCUT2D eigenvalue weighted by Gasteiger charge is -2.24. The Morgan fingerprint density at radius 3 is 2.30 bits per heavy atom. The second-order valence-corrected chi connectivity index (χ2v) is 2.58. The molecule has 1 atom stereocenters. The normalized spacial score (nSPS) is 28.5. The van der Waals surface area contributed by atoms with Gasteiger partial charge in [0.25, 0.3) is 0 Å². The van der Waals surface area contributed by atoms with Crippen LogP contribution in [-0.4, -0.2) is 19.3 Å². The maximum Gasteiger partial charge on any atom is 0.393 e. The smallest absolute Gasteiger partial charge is 0.316 e. The molecule has 0 aromatic carbocycles. The lowest BCUT2D eigenvalue weighted by molar-refractivity contribution is -0.177. The van der Waals surface area contributed by atoms with Crippen molar-refractivity contribution in [2.75, 3.05) is 13.1 Å². The summed E-state index contributed by atoms with van der Waals surface area (Å²) in [7, 11) is 0. The molecule has 0 radical (unpaired) electrons. The summed E-state index contributed by atoms with van der Waals surface area (Å²) in [6, 6.07) is 0. The van der Waals surface area contributed by atoms with Crippen molar-refractivity contribution in [3.05, 3.63) is 0 Å². The number of hydrogen-bond donors (Lipinski definition) is 1. The predicted molar refractivity (Wildman–Crippen MR) is 31.6 cm³/mol. The molecule has 0 unspecified atom stereocenters. The first-order chi connectivity index (χ1) is 4.61. The largest absolute Gasteiger partial charge is 0.393 e. The fourth-order valence-corrected chi connectivity index (χ4v) is 1.13. The van der Waals surface area contributed by atoms with Crippen LogP contribution in [0.15, 0.2) is 0 Å². The Morgan fingerprint density at radius 2 is 2.00 bits per heavy atom. The van der Waals surface area contributed by atoms with Crippen LogP contribution in [0.4, 0.5) is 13.2 Å². The minimum absolute atomic E-state index is 0.101. The van der Waals surface area contributed by atoms with Gasteiger partial charge in [0.15, 0.2) is 0 Å². The minimum Gasteiger partial charge on any atom is -0.316 e. The molecule has 60 valence electrons. The molecule has 1 fully saturated rings. The lowest BCUT2D eigenvalue weighted by atomic mass is 9.99. The van der Waals surface area contributed by atoms with Crippen molar-refractivity contribution in [1.29, 1.82) is 0 Å². The Labute approximate surface area is 57.6 Å². The number of nitrogens with one attached hydrogen (secondary N) is 1. The van der Waals surface area contributed by atoms with E-state index in [1.807, 2.05) is 0 Å². The van der Waals surface area contributed by atoms with Crippen molar-refractivity contribution in [3.63, 3.8) is 0 Å². The third-order valence-electron chi connectivity index (χ3n) is 1.76. The van der Waals surface area contributed by atoms with Crippen LogP contribution in [0, 0.1) is 5.92 Å². The summed E-state index contributed by atoms with van der Waals surface area (Å²) < 4.78 is 35.7. The Bertz CT molecular complexity index is 104. The van der Waals surface area contributed by atoms with Crippen LogP contribution in [0.3, 0.4) is 0 Å². The van der Waals surface area contributed by atoms with Crippen molar-refractivity contribution in [3.8, 4) is 0 Å². The van der Waals surface area contributed by atoms with Crippen molar-refractivity contribution < 1.29 is 13.2 Å². The fraction of sp³-hybridized carbons (Fsp3) is 1.00. The second kappa shape index (κ2) is 2.78. The second-order valence-electron chi connectivity index (χ2n) is 2.58. The highest BCUT2D eigenvalue weighted by atomic mass is 19.4. The van der Waals surface area contributed by atoms with E-state index in [4.69, 9.17) is 0 Å². The van der Waals surface area contributed by atoms with Crippen LogP contribution < -0.4 is 5.32 Å². The zero-order valence-corrected chi connectivity index (χ0v) is 5.54. The molecule has 1 nitrogen and oxygen atoms in total. The van der Waals surface area contributed by atoms with Gasteiger partial charge in [-0.15, -0.1) is 0 Å². The summed E-state index contributed by atoms with van der Waals surface area (Å²) >= 11 is 0. The van der Waals surface area contributed by atoms with E-state index in [2.05, 4.69) is 5.32 Å². The van der Waals surface area contributed by atoms with Gasteiger partial charge < -0.3 is 5.32 Å². The van der Waals surface area contributed by atoms with Gasteiger partial charge in [-0.1, -0.05) is 0 Å². The van der Waals surface area contributed by atoms with Gasteiger partial charge in [0, 0.05) is 6.54 Å². The van der Waals surface area contributed by atoms with Gasteiger partial charge in [-0.3, -0.25) is 0 Å². The topological polar surface area (TPSA) is 12.0 Å². The van der Waals surface area contributed by atoms with Crippen LogP contribution in [0.2, 0.25) is 0 Å². The van der Waals surface area contributed by atoms with E-state index in [1.165, 1.54) is 0 Å². The maximum atomic E-state index is 11.9. The van der Waals surface area contributed by atoms with Gasteiger partial charge in [0.05, 0.1) is 5.92 Å². The molecule has 0 spiro atoms. The molecule has 1 N–H and O–H groups in total. The van der Waals surface area contributed by atoms with Gasteiger partial charge in [-0.2, -0.15) is 13.2 Å². The van der Waals surface area contributed by atoms with Crippen LogP contribution >= 0.6 is 0 Å². The first kappa shape index (κ1) is 7.85. The number of piperidine rings is 1. The molecule has 1 aliphatic rings. The lowest BCUT2D eigenvalue weighted by Crippen LogP contribution is -2.38. The SMILES string of the molecule is FC(F)(F)[C@H]1CCCNC1. The molecular formula is C6H10F3N. The van der Waals surface area contributed by atoms with Gasteiger partial charge in [0.2, 0.25) is 0 Å². The van der Waals surface area contributed by atoms with Crippen LogP contribution in [0.5, 0.6) is 0 Å². The first-order valence-electron chi connectivity index (χ1n) is 3.38. The summed E-state index contributed by atoms with van der Waals surface area (Å²) in [6.07, 6.45) is -3.06. The highest BCUT2D eigenvalue weighted by Gasteiger charge is 2.39. The number of rotatable bonds is 0. The predicted octanol–water partition coefficient (Wildman–Crippen LogP) is 1.55. The van der Waals surface area contributed by atoms with Crippen molar-refractivity contribution in [2.24, 2.45) is 5.92 Å². The molecular weight excluding hydrogens is 143 g/mol. The molecule has 0 saturated carbocycles. The third-order valence-corrected chi connectivity index (χ3v) is 1.76. The molecule has 0 amide bonds. The summed E-state index contributed by atoms with van der Waals surface area (Å²) in [5.74, 6) is -1.11. The zero-order chi connectivity index (χ0) is 7.61. The number of alkyl halides is 3. The van der Waals surface area contributed by atoms with Crippen molar-refractivity contribution >= 4 is 0 Å². The number of hydrogen-bond acceptors (Lipinski definition) is 1. The molecule has 1 aliphatic heterocycles. The molecule has 4 heteroatoms. The van der Waals surface area contributed by atoms with Crippen LogP contribution in [-0.2, 0) is 0 Å². The quantitative estimate of drug-likeness (QED) is 0.556. The molecule has 1 rings (SSSR count). The standard InChI is InChI=1S/C6H10F3N/c7-6(8,9)5-2-1-3-10-4-5/h5,10H,1-4H2/t5-/m0/s1. The summed E-state index contributed by atoms with van der Waals surface area (Å²) in [4.78, 5) is 0. The van der Waals surface area contributed by atoms with Gasteiger partial charge in [0.1, 0.15) is 0 Å². The van der Waals surface area contributed by atoms with E-state index in [0.717, 1.165) is 6.54 Å². The van der Waals surface area contributed by atoms with E-state index < -0.39 is 12.1 Å². The molecule has 0 aromatic rings. The Kier molecular flexibility index (Phi) is 2.18. The van der Waals surface area contributed by atoms with E-state index >= 15 is 0 Å². The average molecular weight is 153 g/mol. The van der Waals surface area contributed by atoms with E-state index in [0.29, 0.717) is 6.42 Å². The highest BCUT2D eigenvalue weighted by Crippen LogP contribution is 2.30. The summed E-state index contributed by atoms with van der Waals surface area (Å²) in [5, 5.41) is 2.72. The Morgan fingerprint density at radius 1 is 1.30 bits per heavy atom. The Hall–Kier alpha value is -0.250. The van der Waals surface area contributed by atoms with Crippen molar-refractivity contribution in [2.45, 2.75) is 19.0 Å². The van der Waals surface area contributed by atoms with Crippen LogP contribution in [0.1, 0.15) is 12.8 Å². The summed E-state index contributed by atoms with van der Waals surface area (Å²) in [5.41, 5.74) is 0. The van der Waals surface area contributed by atoms with E-state index in [9.17, 15) is 13.2 Å².